The summed E-state index contributed by atoms with van der Waals surface area (Å²) in [6, 6.07) is 74.0. The first kappa shape index (κ1) is 32.5. The molecule has 0 aliphatic heterocycles. The van der Waals surface area contributed by atoms with Crippen LogP contribution in [0.4, 0.5) is 17.1 Å². The molecular formula is C55H39N. The molecule has 11 rings (SSSR count). The summed E-state index contributed by atoms with van der Waals surface area (Å²) in [5.74, 6) is 0. The Hall–Kier alpha value is -6.96. The molecule has 0 saturated heterocycles. The van der Waals surface area contributed by atoms with Crippen LogP contribution in [-0.4, -0.2) is 0 Å². The molecule has 0 unspecified atom stereocenters. The predicted molar refractivity (Wildman–Crippen MR) is 240 cm³/mol. The minimum absolute atomic E-state index is 0.117. The van der Waals surface area contributed by atoms with Crippen molar-refractivity contribution in [3.05, 3.63) is 211 Å². The van der Waals surface area contributed by atoms with Gasteiger partial charge in [-0.3, -0.25) is 0 Å². The van der Waals surface area contributed by atoms with Crippen molar-refractivity contribution in [2.75, 3.05) is 4.90 Å². The van der Waals surface area contributed by atoms with Gasteiger partial charge in [0.15, 0.2) is 0 Å². The number of benzene rings is 10. The maximum Gasteiger partial charge on any atom is 0.0540 e. The molecule has 0 radical (unpaired) electrons. The van der Waals surface area contributed by atoms with E-state index in [2.05, 4.69) is 219 Å². The number of fused-ring (bicyclic) bond motifs is 9. The van der Waals surface area contributed by atoms with Gasteiger partial charge in [0, 0.05) is 22.4 Å². The molecule has 56 heavy (non-hydrogen) atoms. The van der Waals surface area contributed by atoms with E-state index in [9.17, 15) is 0 Å². The average molecular weight is 714 g/mol. The van der Waals surface area contributed by atoms with Gasteiger partial charge >= 0.3 is 0 Å². The van der Waals surface area contributed by atoms with E-state index in [1.165, 1.54) is 87.6 Å². The molecule has 10 aromatic carbocycles. The molecule has 1 heteroatoms. The first-order chi connectivity index (χ1) is 27.5. The monoisotopic (exact) mass is 713 g/mol. The lowest BCUT2D eigenvalue weighted by Gasteiger charge is -2.30. The van der Waals surface area contributed by atoms with Gasteiger partial charge in [0.25, 0.3) is 0 Å². The summed E-state index contributed by atoms with van der Waals surface area (Å²) in [5, 5.41) is 10.2. The van der Waals surface area contributed by atoms with Gasteiger partial charge in [-0.05, 0) is 118 Å². The van der Waals surface area contributed by atoms with E-state index in [0.29, 0.717) is 0 Å². The van der Waals surface area contributed by atoms with Gasteiger partial charge in [-0.1, -0.05) is 178 Å². The van der Waals surface area contributed by atoms with Crippen LogP contribution in [0.2, 0.25) is 0 Å². The number of hydrogen-bond donors (Lipinski definition) is 0. The fourth-order valence-electron chi connectivity index (χ4n) is 9.51. The smallest absolute Gasteiger partial charge is 0.0540 e. The zero-order valence-corrected chi connectivity index (χ0v) is 31.5. The zero-order chi connectivity index (χ0) is 37.4. The van der Waals surface area contributed by atoms with Crippen LogP contribution < -0.4 is 4.90 Å². The van der Waals surface area contributed by atoms with Crippen LogP contribution >= 0.6 is 0 Å². The van der Waals surface area contributed by atoms with Crippen LogP contribution in [0, 0.1) is 0 Å². The Morgan fingerprint density at radius 3 is 1.71 bits per heavy atom. The molecule has 0 N–H and O–H groups in total. The molecule has 1 aliphatic carbocycles. The summed E-state index contributed by atoms with van der Waals surface area (Å²) >= 11 is 0. The van der Waals surface area contributed by atoms with E-state index in [-0.39, 0.29) is 5.41 Å². The minimum atomic E-state index is -0.117. The van der Waals surface area contributed by atoms with Crippen molar-refractivity contribution in [1.82, 2.24) is 0 Å². The molecule has 0 spiro atoms. The van der Waals surface area contributed by atoms with E-state index < -0.39 is 0 Å². The van der Waals surface area contributed by atoms with Gasteiger partial charge in [-0.2, -0.15) is 0 Å². The van der Waals surface area contributed by atoms with Crippen molar-refractivity contribution in [3.8, 4) is 33.4 Å². The summed E-state index contributed by atoms with van der Waals surface area (Å²) in [5.41, 5.74) is 13.6. The molecule has 1 nitrogen and oxygen atoms in total. The SMILES string of the molecule is CC1(C)c2ccccc2-c2ccc(N(c3ccc(-c4cc5c6ccccc6ccc5c5ccccc45)cc3)c3ccccc3-c3cccc4ccccc34)cc21. The lowest BCUT2D eigenvalue weighted by atomic mass is 9.82. The van der Waals surface area contributed by atoms with E-state index in [1.54, 1.807) is 0 Å². The fraction of sp³-hybridized carbons (Fsp3) is 0.0545. The maximum absolute atomic E-state index is 2.46. The number of nitrogens with zero attached hydrogens (tertiary/aromatic N) is 1. The van der Waals surface area contributed by atoms with Crippen molar-refractivity contribution in [1.29, 1.82) is 0 Å². The summed E-state index contributed by atoms with van der Waals surface area (Å²) in [6.07, 6.45) is 0. The van der Waals surface area contributed by atoms with Gasteiger partial charge < -0.3 is 4.90 Å². The highest BCUT2D eigenvalue weighted by atomic mass is 15.1. The predicted octanol–water partition coefficient (Wildman–Crippen LogP) is 15.4. The second-order valence-corrected chi connectivity index (χ2v) is 15.7. The van der Waals surface area contributed by atoms with Crippen LogP contribution in [0.25, 0.3) is 76.5 Å². The highest BCUT2D eigenvalue weighted by Gasteiger charge is 2.36. The normalized spacial score (nSPS) is 13.0. The second kappa shape index (κ2) is 12.5. The van der Waals surface area contributed by atoms with Crippen molar-refractivity contribution >= 4 is 60.2 Å². The van der Waals surface area contributed by atoms with Crippen LogP contribution in [0.15, 0.2) is 200 Å². The summed E-state index contributed by atoms with van der Waals surface area (Å²) < 4.78 is 0. The van der Waals surface area contributed by atoms with Crippen LogP contribution in [0.1, 0.15) is 25.0 Å². The van der Waals surface area contributed by atoms with Crippen molar-refractivity contribution < 1.29 is 0 Å². The first-order valence-corrected chi connectivity index (χ1v) is 19.6. The van der Waals surface area contributed by atoms with Gasteiger partial charge in [-0.15, -0.1) is 0 Å². The zero-order valence-electron chi connectivity index (χ0n) is 31.5. The highest BCUT2D eigenvalue weighted by Crippen LogP contribution is 2.51. The lowest BCUT2D eigenvalue weighted by Crippen LogP contribution is -2.16. The third-order valence-electron chi connectivity index (χ3n) is 12.3. The third-order valence-corrected chi connectivity index (χ3v) is 12.3. The topological polar surface area (TPSA) is 3.24 Å². The largest absolute Gasteiger partial charge is 0.310 e. The van der Waals surface area contributed by atoms with Gasteiger partial charge in [0.1, 0.15) is 0 Å². The van der Waals surface area contributed by atoms with E-state index in [1.807, 2.05) is 0 Å². The number of para-hydroxylation sites is 1. The van der Waals surface area contributed by atoms with Crippen molar-refractivity contribution in [2.24, 2.45) is 0 Å². The lowest BCUT2D eigenvalue weighted by molar-refractivity contribution is 0.660. The first-order valence-electron chi connectivity index (χ1n) is 19.6. The molecule has 0 atom stereocenters. The minimum Gasteiger partial charge on any atom is -0.310 e. The molecule has 1 aliphatic rings. The van der Waals surface area contributed by atoms with Crippen LogP contribution in [0.5, 0.6) is 0 Å². The molecule has 0 heterocycles. The summed E-state index contributed by atoms with van der Waals surface area (Å²) in [4.78, 5) is 2.46. The Morgan fingerprint density at radius 1 is 0.321 bits per heavy atom. The Labute approximate surface area is 327 Å². The summed E-state index contributed by atoms with van der Waals surface area (Å²) in [7, 11) is 0. The molecular weight excluding hydrogens is 675 g/mol. The van der Waals surface area contributed by atoms with Gasteiger partial charge in [0.2, 0.25) is 0 Å². The van der Waals surface area contributed by atoms with Crippen molar-refractivity contribution in [2.45, 2.75) is 19.3 Å². The Kier molecular flexibility index (Phi) is 7.28. The second-order valence-electron chi connectivity index (χ2n) is 15.7. The number of rotatable bonds is 5. The molecule has 0 aromatic heterocycles. The molecule has 0 saturated carbocycles. The molecule has 0 amide bonds. The standard InChI is InChI=1S/C55H39N/c1-55(2)52-24-11-9-21-47(52)48-33-31-40(34-53(48)55)56(54-25-12-10-22-49(54)43-23-13-16-36-14-3-5-17-41(36)43)39-29-26-38(27-30-39)50-35-51-42-18-6-4-15-37(42)28-32-46(51)44-19-7-8-20-45(44)50/h3-35H,1-2H3. The van der Waals surface area contributed by atoms with E-state index in [0.717, 1.165) is 17.1 Å². The number of hydrogen-bond acceptors (Lipinski definition) is 1. The molecule has 264 valence electrons. The average Bonchev–Trinajstić information content (AvgIpc) is 3.49. The highest BCUT2D eigenvalue weighted by molar-refractivity contribution is 6.21. The Bertz CT molecular complexity index is 3160. The van der Waals surface area contributed by atoms with Crippen LogP contribution in [-0.2, 0) is 5.41 Å². The maximum atomic E-state index is 2.46. The van der Waals surface area contributed by atoms with E-state index >= 15 is 0 Å². The summed E-state index contributed by atoms with van der Waals surface area (Å²) in [6.45, 7) is 4.73. The van der Waals surface area contributed by atoms with Crippen LogP contribution in [0.3, 0.4) is 0 Å². The number of anilines is 3. The fourth-order valence-corrected chi connectivity index (χ4v) is 9.51. The van der Waals surface area contributed by atoms with Gasteiger partial charge in [-0.25, -0.2) is 0 Å². The Morgan fingerprint density at radius 2 is 0.893 bits per heavy atom. The molecule has 0 bridgehead atoms. The van der Waals surface area contributed by atoms with Gasteiger partial charge in [0.05, 0.1) is 5.69 Å². The molecule has 0 fully saturated rings. The van der Waals surface area contributed by atoms with E-state index in [4.69, 9.17) is 0 Å². The van der Waals surface area contributed by atoms with Crippen molar-refractivity contribution in [3.63, 3.8) is 0 Å². The molecule has 10 aromatic rings. The quantitative estimate of drug-likeness (QED) is 0.161. The Balaban J connectivity index is 1.12. The third kappa shape index (κ3) is 4.94.